The van der Waals surface area contributed by atoms with Crippen molar-refractivity contribution < 1.29 is 24.0 Å². The molecule has 0 aliphatic carbocycles. The van der Waals surface area contributed by atoms with Gasteiger partial charge in [0.1, 0.15) is 5.75 Å². The van der Waals surface area contributed by atoms with Gasteiger partial charge in [-0.05, 0) is 53.7 Å². The molecule has 1 aliphatic rings. The van der Waals surface area contributed by atoms with Crippen LogP contribution < -0.4 is 4.74 Å². The van der Waals surface area contributed by atoms with Gasteiger partial charge in [-0.25, -0.2) is 4.79 Å². The Morgan fingerprint density at radius 2 is 1.77 bits per heavy atom. The molecule has 3 aromatic rings. The molecule has 1 aliphatic heterocycles. The van der Waals surface area contributed by atoms with Gasteiger partial charge in [-0.15, -0.1) is 0 Å². The van der Waals surface area contributed by atoms with Crippen LogP contribution >= 0.6 is 35.0 Å². The molecule has 0 atom stereocenters. The summed E-state index contributed by atoms with van der Waals surface area (Å²) in [7, 11) is 0. The normalized spacial score (nSPS) is 14.5. The third-order valence-corrected chi connectivity index (χ3v) is 6.39. The quantitative estimate of drug-likeness (QED) is 0.120. The molecular formula is C24H14Cl2N2O6S. The highest BCUT2D eigenvalue weighted by molar-refractivity contribution is 8.18. The maximum Gasteiger partial charge on any atom is 0.345 e. The molecule has 0 saturated carbocycles. The number of carbonyl (C=O) groups excluding carboxylic acids is 3. The van der Waals surface area contributed by atoms with Gasteiger partial charge in [0.15, 0.2) is 0 Å². The number of esters is 1. The Kier molecular flexibility index (Phi) is 7.20. The van der Waals surface area contributed by atoms with E-state index < -0.39 is 22.0 Å². The third-order valence-electron chi connectivity index (χ3n) is 4.92. The minimum Gasteiger partial charge on any atom is -0.422 e. The first-order valence-corrected chi connectivity index (χ1v) is 11.5. The van der Waals surface area contributed by atoms with Gasteiger partial charge < -0.3 is 4.74 Å². The number of nitrogens with zero attached hydrogens (tertiary/aromatic N) is 2. The Hall–Kier alpha value is -3.66. The summed E-state index contributed by atoms with van der Waals surface area (Å²) in [5.74, 6) is -1.12. The molecule has 2 amide bonds. The summed E-state index contributed by atoms with van der Waals surface area (Å²) >= 11 is 12.9. The molecule has 0 aromatic heterocycles. The molecule has 35 heavy (non-hydrogen) atoms. The SMILES string of the molecule is O=C(Oc1ccc(Cl)cc1/C=C1\SC(=O)N(Cc2ccc([N+](=O)[O-])cc2)C1=O)c1ccccc1Cl. The number of thioether (sulfide) groups is 1. The van der Waals surface area contributed by atoms with E-state index >= 15 is 0 Å². The molecule has 0 bridgehead atoms. The van der Waals surface area contributed by atoms with Crippen LogP contribution in [0.4, 0.5) is 10.5 Å². The predicted molar refractivity (Wildman–Crippen MR) is 132 cm³/mol. The van der Waals surface area contributed by atoms with Gasteiger partial charge in [0.2, 0.25) is 0 Å². The van der Waals surface area contributed by atoms with Gasteiger partial charge in [0.25, 0.3) is 16.8 Å². The number of ether oxygens (including phenoxy) is 1. The Bertz CT molecular complexity index is 1390. The van der Waals surface area contributed by atoms with Crippen molar-refractivity contribution in [1.82, 2.24) is 4.90 Å². The largest absolute Gasteiger partial charge is 0.422 e. The molecule has 1 heterocycles. The molecule has 0 unspecified atom stereocenters. The van der Waals surface area contributed by atoms with Crippen LogP contribution in [0.5, 0.6) is 5.75 Å². The molecule has 176 valence electrons. The van der Waals surface area contributed by atoms with Crippen LogP contribution in [-0.4, -0.2) is 26.9 Å². The first-order chi connectivity index (χ1) is 16.7. The maximum absolute atomic E-state index is 12.9. The summed E-state index contributed by atoms with van der Waals surface area (Å²) in [6.45, 7) is -0.0517. The van der Waals surface area contributed by atoms with E-state index in [0.29, 0.717) is 16.1 Å². The fourth-order valence-electron chi connectivity index (χ4n) is 3.19. The van der Waals surface area contributed by atoms with Crippen LogP contribution in [0.15, 0.2) is 71.6 Å². The van der Waals surface area contributed by atoms with Crippen LogP contribution in [0.3, 0.4) is 0 Å². The highest BCUT2D eigenvalue weighted by Gasteiger charge is 2.35. The monoisotopic (exact) mass is 528 g/mol. The summed E-state index contributed by atoms with van der Waals surface area (Å²) < 4.78 is 5.49. The van der Waals surface area contributed by atoms with Crippen LogP contribution in [0.2, 0.25) is 10.0 Å². The van der Waals surface area contributed by atoms with Gasteiger partial charge in [-0.3, -0.25) is 24.6 Å². The second-order valence-electron chi connectivity index (χ2n) is 7.24. The molecule has 1 fully saturated rings. The van der Waals surface area contributed by atoms with Crippen LogP contribution in [0.25, 0.3) is 6.08 Å². The maximum atomic E-state index is 12.9. The first-order valence-electron chi connectivity index (χ1n) is 9.98. The fraction of sp³-hybridized carbons (Fsp3) is 0.0417. The lowest BCUT2D eigenvalue weighted by Gasteiger charge is -2.12. The van der Waals surface area contributed by atoms with Crippen molar-refractivity contribution in [3.63, 3.8) is 0 Å². The van der Waals surface area contributed by atoms with Crippen molar-refractivity contribution in [1.29, 1.82) is 0 Å². The molecule has 0 radical (unpaired) electrons. The van der Waals surface area contributed by atoms with E-state index in [1.54, 1.807) is 18.2 Å². The summed E-state index contributed by atoms with van der Waals surface area (Å²) in [6, 6.07) is 16.5. The summed E-state index contributed by atoms with van der Waals surface area (Å²) in [5.41, 5.74) is 0.941. The van der Waals surface area contributed by atoms with Gasteiger partial charge in [-0.1, -0.05) is 47.5 Å². The lowest BCUT2D eigenvalue weighted by Crippen LogP contribution is -2.27. The number of non-ortho nitro benzene ring substituents is 1. The number of hydrogen-bond acceptors (Lipinski definition) is 7. The zero-order chi connectivity index (χ0) is 25.1. The topological polar surface area (TPSA) is 107 Å². The summed E-state index contributed by atoms with van der Waals surface area (Å²) in [6.07, 6.45) is 1.42. The van der Waals surface area contributed by atoms with Crippen molar-refractivity contribution in [2.45, 2.75) is 6.54 Å². The highest BCUT2D eigenvalue weighted by atomic mass is 35.5. The van der Waals surface area contributed by atoms with Crippen LogP contribution in [0.1, 0.15) is 21.5 Å². The van der Waals surface area contributed by atoms with E-state index in [1.165, 1.54) is 54.6 Å². The lowest BCUT2D eigenvalue weighted by atomic mass is 10.1. The zero-order valence-electron chi connectivity index (χ0n) is 17.6. The fourth-order valence-corrected chi connectivity index (χ4v) is 4.41. The number of imide groups is 1. The molecule has 1 saturated heterocycles. The average Bonchev–Trinajstić information content (AvgIpc) is 3.08. The first kappa shape index (κ1) is 24.5. The Balaban J connectivity index is 1.57. The van der Waals surface area contributed by atoms with Gasteiger partial charge in [-0.2, -0.15) is 0 Å². The molecule has 3 aromatic carbocycles. The summed E-state index contributed by atoms with van der Waals surface area (Å²) in [4.78, 5) is 49.5. The van der Waals surface area contributed by atoms with Crippen molar-refractivity contribution in [3.8, 4) is 5.75 Å². The minimum atomic E-state index is -0.696. The molecule has 4 rings (SSSR count). The summed E-state index contributed by atoms with van der Waals surface area (Å²) in [5, 5.41) is 10.9. The molecule has 8 nitrogen and oxygen atoms in total. The molecule has 0 N–H and O–H groups in total. The zero-order valence-corrected chi connectivity index (χ0v) is 20.0. The van der Waals surface area contributed by atoms with Crippen molar-refractivity contribution in [2.24, 2.45) is 0 Å². The average molecular weight is 529 g/mol. The molecule has 11 heteroatoms. The number of hydrogen-bond donors (Lipinski definition) is 0. The third kappa shape index (κ3) is 5.54. The lowest BCUT2D eigenvalue weighted by molar-refractivity contribution is -0.384. The minimum absolute atomic E-state index is 0.0517. The van der Waals surface area contributed by atoms with E-state index in [2.05, 4.69) is 0 Å². The predicted octanol–water partition coefficient (Wildman–Crippen LogP) is 6.36. The van der Waals surface area contributed by atoms with E-state index in [0.717, 1.165) is 16.7 Å². The van der Waals surface area contributed by atoms with Crippen molar-refractivity contribution in [2.75, 3.05) is 0 Å². The van der Waals surface area contributed by atoms with Crippen LogP contribution in [-0.2, 0) is 11.3 Å². The van der Waals surface area contributed by atoms with Crippen molar-refractivity contribution in [3.05, 3.63) is 108 Å². The van der Waals surface area contributed by atoms with E-state index in [1.807, 2.05) is 0 Å². The van der Waals surface area contributed by atoms with Gasteiger partial charge in [0, 0.05) is 22.7 Å². The standard InChI is InChI=1S/C24H14Cl2N2O6S/c25-16-7-10-20(34-23(30)18-3-1-2-4-19(18)26)15(11-16)12-21-22(29)27(24(31)35-21)13-14-5-8-17(9-6-14)28(32)33/h1-12H,13H2/b21-12-. The second kappa shape index (κ2) is 10.3. The Morgan fingerprint density at radius 3 is 2.46 bits per heavy atom. The van der Waals surface area contributed by atoms with Crippen LogP contribution in [0, 0.1) is 10.1 Å². The number of carbonyl (C=O) groups is 3. The number of rotatable bonds is 6. The van der Waals surface area contributed by atoms with E-state index in [9.17, 15) is 24.5 Å². The smallest absolute Gasteiger partial charge is 0.345 e. The van der Waals surface area contributed by atoms with E-state index in [4.69, 9.17) is 27.9 Å². The number of benzene rings is 3. The number of nitro benzene ring substituents is 1. The van der Waals surface area contributed by atoms with Gasteiger partial charge in [0.05, 0.1) is 27.0 Å². The Morgan fingerprint density at radius 1 is 1.06 bits per heavy atom. The van der Waals surface area contributed by atoms with E-state index in [-0.39, 0.29) is 33.5 Å². The number of nitro groups is 1. The second-order valence-corrected chi connectivity index (χ2v) is 9.08. The number of amides is 2. The molecule has 0 spiro atoms. The Labute approximate surface area is 213 Å². The van der Waals surface area contributed by atoms with Gasteiger partial charge >= 0.3 is 5.97 Å². The molecular weight excluding hydrogens is 515 g/mol. The number of halogens is 2. The highest BCUT2D eigenvalue weighted by Crippen LogP contribution is 2.36. The van der Waals surface area contributed by atoms with Crippen molar-refractivity contribution >= 4 is 63.8 Å².